The molecule has 330 valence electrons. The summed E-state index contributed by atoms with van der Waals surface area (Å²) in [7, 11) is 0. The highest BCUT2D eigenvalue weighted by Crippen LogP contribution is 2.60. The van der Waals surface area contributed by atoms with Crippen LogP contribution in [0.3, 0.4) is 0 Å². The number of hydrogen-bond donors (Lipinski definition) is 2. The molecule has 1 aliphatic rings. The van der Waals surface area contributed by atoms with Gasteiger partial charge < -0.3 is 20.9 Å². The van der Waals surface area contributed by atoms with Crippen LogP contribution in [-0.2, 0) is 43.0 Å². The van der Waals surface area contributed by atoms with E-state index in [9.17, 15) is 0 Å². The number of nitrogens with two attached hydrogens (primary N) is 2. The minimum Gasteiger partial charge on any atom is -0.456 e. The SMILES string of the molecule is CCCc1c(N)cccc1Oc1c(C(F)(F)F)cc(C2(c3cc(C(F)(F)F)c(Oc4cccc(N)c4CCC)c(C(F)(F)F)c3)c3ccccc3-c3ccccc32)cc1C(F)(F)F. The largest absolute Gasteiger partial charge is 0.456 e. The highest BCUT2D eigenvalue weighted by Gasteiger charge is 2.53. The summed E-state index contributed by atoms with van der Waals surface area (Å²) >= 11 is 0. The molecule has 0 fully saturated rings. The molecule has 4 nitrogen and oxygen atoms in total. The molecule has 0 unspecified atom stereocenters. The van der Waals surface area contributed by atoms with Crippen LogP contribution in [0.15, 0.2) is 109 Å². The van der Waals surface area contributed by atoms with Crippen LogP contribution < -0.4 is 20.9 Å². The second kappa shape index (κ2) is 16.1. The second-order valence-electron chi connectivity index (χ2n) is 15.0. The van der Waals surface area contributed by atoms with Gasteiger partial charge in [0.25, 0.3) is 0 Å². The fraction of sp³-hybridized carbons (Fsp3) is 0.234. The van der Waals surface area contributed by atoms with Crippen molar-refractivity contribution in [3.05, 3.63) is 165 Å². The highest BCUT2D eigenvalue weighted by atomic mass is 19.4. The van der Waals surface area contributed by atoms with E-state index in [0.29, 0.717) is 12.8 Å². The average Bonchev–Trinajstić information content (AvgIpc) is 3.50. The molecule has 0 aromatic heterocycles. The van der Waals surface area contributed by atoms with Crippen molar-refractivity contribution in [2.24, 2.45) is 0 Å². The molecule has 0 saturated heterocycles. The number of hydrogen-bond acceptors (Lipinski definition) is 4. The zero-order chi connectivity index (χ0) is 45.9. The molecule has 6 aromatic carbocycles. The molecule has 0 amide bonds. The van der Waals surface area contributed by atoms with Crippen molar-refractivity contribution in [1.29, 1.82) is 0 Å². The maximum Gasteiger partial charge on any atom is 0.420 e. The number of benzene rings is 6. The van der Waals surface area contributed by atoms with E-state index in [4.69, 9.17) is 20.9 Å². The Hall–Kier alpha value is -6.32. The number of nitrogen functional groups attached to an aromatic ring is 2. The van der Waals surface area contributed by atoms with Crippen LogP contribution in [0.1, 0.15) is 82.3 Å². The van der Waals surface area contributed by atoms with Gasteiger partial charge in [-0.15, -0.1) is 0 Å². The highest BCUT2D eigenvalue weighted by molar-refractivity contribution is 5.87. The Morgan fingerprint density at radius 2 is 0.762 bits per heavy atom. The minimum atomic E-state index is -5.64. The first kappa shape index (κ1) is 44.7. The van der Waals surface area contributed by atoms with E-state index in [2.05, 4.69) is 0 Å². The van der Waals surface area contributed by atoms with Crippen molar-refractivity contribution < 1.29 is 62.2 Å². The molecular weight excluding hydrogens is 853 g/mol. The van der Waals surface area contributed by atoms with Crippen molar-refractivity contribution in [3.8, 4) is 34.1 Å². The van der Waals surface area contributed by atoms with Crippen molar-refractivity contribution >= 4 is 11.4 Å². The molecule has 0 atom stereocenters. The van der Waals surface area contributed by atoms with Crippen LogP contribution in [0.25, 0.3) is 11.1 Å². The lowest BCUT2D eigenvalue weighted by Gasteiger charge is -2.36. The predicted molar refractivity (Wildman–Crippen MR) is 214 cm³/mol. The van der Waals surface area contributed by atoms with Gasteiger partial charge >= 0.3 is 24.7 Å². The van der Waals surface area contributed by atoms with Gasteiger partial charge in [0.1, 0.15) is 11.5 Å². The lowest BCUT2D eigenvalue weighted by atomic mass is 9.66. The molecule has 4 N–H and O–H groups in total. The van der Waals surface area contributed by atoms with E-state index in [1.165, 1.54) is 72.8 Å². The number of ether oxygens (including phenoxy) is 2. The van der Waals surface area contributed by atoms with Gasteiger partial charge in [-0.05, 0) is 94.8 Å². The van der Waals surface area contributed by atoms with Gasteiger partial charge in [0.15, 0.2) is 11.5 Å². The second-order valence-corrected chi connectivity index (χ2v) is 15.0. The van der Waals surface area contributed by atoms with E-state index in [-0.39, 0.29) is 81.9 Å². The molecule has 0 heterocycles. The Labute approximate surface area is 353 Å². The summed E-state index contributed by atoms with van der Waals surface area (Å²) in [5.41, 5.74) is -0.365. The first-order chi connectivity index (χ1) is 29.5. The lowest BCUT2D eigenvalue weighted by Crippen LogP contribution is -2.31. The summed E-state index contributed by atoms with van der Waals surface area (Å²) < 4.78 is 197. The quantitative estimate of drug-likeness (QED) is 0.106. The Morgan fingerprint density at radius 1 is 0.444 bits per heavy atom. The monoisotopic (exact) mass is 888 g/mol. The summed E-state index contributed by atoms with van der Waals surface area (Å²) in [5.74, 6) is -4.24. The average molecular weight is 889 g/mol. The van der Waals surface area contributed by atoms with Crippen LogP contribution in [-0.4, -0.2) is 0 Å². The zero-order valence-electron chi connectivity index (χ0n) is 33.2. The molecule has 0 bridgehead atoms. The summed E-state index contributed by atoms with van der Waals surface area (Å²) in [6, 6.07) is 19.6. The topological polar surface area (TPSA) is 70.5 Å². The summed E-state index contributed by atoms with van der Waals surface area (Å²) in [4.78, 5) is 0. The number of fused-ring (bicyclic) bond motifs is 3. The van der Waals surface area contributed by atoms with E-state index in [1.807, 2.05) is 0 Å². The van der Waals surface area contributed by atoms with E-state index >= 15 is 52.7 Å². The van der Waals surface area contributed by atoms with Gasteiger partial charge in [-0.3, -0.25) is 0 Å². The van der Waals surface area contributed by atoms with Gasteiger partial charge in [-0.25, -0.2) is 0 Å². The van der Waals surface area contributed by atoms with Crippen molar-refractivity contribution in [2.75, 3.05) is 11.5 Å². The van der Waals surface area contributed by atoms with E-state index in [1.54, 1.807) is 13.8 Å². The minimum absolute atomic E-state index is 0.0249. The Morgan fingerprint density at radius 3 is 1.06 bits per heavy atom. The fourth-order valence-corrected chi connectivity index (χ4v) is 8.39. The third-order valence-corrected chi connectivity index (χ3v) is 11.0. The Bertz CT molecular complexity index is 2440. The van der Waals surface area contributed by atoms with Gasteiger partial charge in [0.2, 0.25) is 0 Å². The van der Waals surface area contributed by atoms with Crippen molar-refractivity contribution in [1.82, 2.24) is 0 Å². The molecule has 0 saturated carbocycles. The van der Waals surface area contributed by atoms with Crippen LogP contribution >= 0.6 is 0 Å². The first-order valence-corrected chi connectivity index (χ1v) is 19.5. The fourth-order valence-electron chi connectivity index (χ4n) is 8.39. The lowest BCUT2D eigenvalue weighted by molar-refractivity contribution is -0.146. The van der Waals surface area contributed by atoms with Gasteiger partial charge in [0, 0.05) is 22.5 Å². The zero-order valence-corrected chi connectivity index (χ0v) is 33.2. The molecule has 7 rings (SSSR count). The molecule has 16 heteroatoms. The first-order valence-electron chi connectivity index (χ1n) is 19.5. The van der Waals surface area contributed by atoms with E-state index < -0.39 is 86.5 Å². The molecule has 0 radical (unpaired) electrons. The van der Waals surface area contributed by atoms with Crippen LogP contribution in [0.4, 0.5) is 64.1 Å². The number of alkyl halides is 12. The molecule has 0 spiro atoms. The molecule has 1 aliphatic carbocycles. The molecule has 63 heavy (non-hydrogen) atoms. The van der Waals surface area contributed by atoms with E-state index in [0.717, 1.165) is 12.1 Å². The van der Waals surface area contributed by atoms with Crippen molar-refractivity contribution in [3.63, 3.8) is 0 Å². The molecule has 6 aromatic rings. The Kier molecular flexibility index (Phi) is 11.4. The Balaban J connectivity index is 1.64. The predicted octanol–water partition coefficient (Wildman–Crippen LogP) is 14.8. The smallest absolute Gasteiger partial charge is 0.420 e. The third kappa shape index (κ3) is 7.99. The van der Waals surface area contributed by atoms with Crippen LogP contribution in [0, 0.1) is 0 Å². The van der Waals surface area contributed by atoms with Gasteiger partial charge in [-0.1, -0.05) is 87.4 Å². The van der Waals surface area contributed by atoms with Crippen molar-refractivity contribution in [2.45, 2.75) is 69.7 Å². The normalized spacial score (nSPS) is 13.7. The maximum atomic E-state index is 15.5. The summed E-state index contributed by atoms with van der Waals surface area (Å²) in [6.07, 6.45) is -21.6. The standard InChI is InChI=1S/C47H36F12N2O2/c1-3-11-29-37(60)17-9-19-39(29)62-41-33(44(48,49)50)21-25(22-34(41)45(51,52)53)43(31-15-7-5-13-27(31)28-14-6-8-16-32(28)43)26-23-35(46(54,55)56)42(36(24-26)47(57,58)59)63-40-20-10-18-38(61)30(40)12-4-2/h5-10,13-24H,3-4,11-12,60-61H2,1-2H3. The van der Waals surface area contributed by atoms with Gasteiger partial charge in [-0.2, -0.15) is 52.7 Å². The number of anilines is 2. The third-order valence-electron chi connectivity index (χ3n) is 11.0. The number of rotatable bonds is 10. The number of halogens is 12. The van der Waals surface area contributed by atoms with Gasteiger partial charge in [0.05, 0.1) is 27.7 Å². The summed E-state index contributed by atoms with van der Waals surface area (Å²) in [5, 5.41) is 0. The van der Waals surface area contributed by atoms with Crippen LogP contribution in [0.2, 0.25) is 0 Å². The van der Waals surface area contributed by atoms with Crippen LogP contribution in [0.5, 0.6) is 23.0 Å². The maximum absolute atomic E-state index is 15.5. The molecular formula is C47H36F12N2O2. The summed E-state index contributed by atoms with van der Waals surface area (Å²) in [6.45, 7) is 3.39. The molecule has 0 aliphatic heterocycles.